The van der Waals surface area contributed by atoms with Gasteiger partial charge in [-0.3, -0.25) is 14.9 Å². The van der Waals surface area contributed by atoms with E-state index < -0.39 is 4.92 Å². The Kier molecular flexibility index (Phi) is 4.37. The first kappa shape index (κ1) is 17.2. The first-order valence-electron chi connectivity index (χ1n) is 8.40. The molecule has 0 saturated heterocycles. The lowest BCUT2D eigenvalue weighted by atomic mass is 10.1. The largest absolute Gasteiger partial charge is 0.485 e. The summed E-state index contributed by atoms with van der Waals surface area (Å²) < 4.78 is 7.91. The minimum absolute atomic E-state index is 0.0000368. The van der Waals surface area contributed by atoms with Crippen molar-refractivity contribution in [2.24, 2.45) is 0 Å². The number of Topliss-reactive ketones (excluding diaryl/α,β-unsaturated/α-hetero) is 1. The van der Waals surface area contributed by atoms with E-state index in [1.54, 1.807) is 13.0 Å². The quantitative estimate of drug-likeness (QED) is 0.447. The molecule has 0 amide bonds. The third-order valence-electron chi connectivity index (χ3n) is 4.82. The van der Waals surface area contributed by atoms with Crippen LogP contribution in [0.3, 0.4) is 0 Å². The molecular weight excluding hydrogens is 320 g/mol. The van der Waals surface area contributed by atoms with E-state index in [0.29, 0.717) is 22.9 Å². The van der Waals surface area contributed by atoms with Crippen LogP contribution >= 0.6 is 0 Å². The van der Waals surface area contributed by atoms with Crippen molar-refractivity contribution in [3.8, 4) is 5.75 Å². The van der Waals surface area contributed by atoms with Gasteiger partial charge in [0.25, 0.3) is 5.69 Å². The molecule has 1 aliphatic rings. The summed E-state index contributed by atoms with van der Waals surface area (Å²) in [5, 5.41) is 11.1. The van der Waals surface area contributed by atoms with Crippen molar-refractivity contribution in [3.63, 3.8) is 0 Å². The lowest BCUT2D eigenvalue weighted by Crippen LogP contribution is -2.14. The highest BCUT2D eigenvalue weighted by molar-refractivity contribution is 5.98. The van der Waals surface area contributed by atoms with Gasteiger partial charge < -0.3 is 9.30 Å². The van der Waals surface area contributed by atoms with E-state index >= 15 is 0 Å². The average molecular weight is 342 g/mol. The molecule has 25 heavy (non-hydrogen) atoms. The van der Waals surface area contributed by atoms with Crippen molar-refractivity contribution in [3.05, 3.63) is 56.4 Å². The lowest BCUT2D eigenvalue weighted by molar-refractivity contribution is -0.385. The lowest BCUT2D eigenvalue weighted by Gasteiger charge is -2.12. The molecular formula is C19H22N2O4. The number of benzene rings is 1. The summed E-state index contributed by atoms with van der Waals surface area (Å²) in [5.74, 6) is 0.309. The molecule has 0 N–H and O–H groups in total. The van der Waals surface area contributed by atoms with Crippen molar-refractivity contribution in [2.75, 3.05) is 6.61 Å². The smallest absolute Gasteiger partial charge is 0.276 e. The Labute approximate surface area is 146 Å². The molecule has 3 rings (SSSR count). The second-order valence-electron chi connectivity index (χ2n) is 6.71. The van der Waals surface area contributed by atoms with Crippen LogP contribution in [-0.2, 0) is 0 Å². The van der Waals surface area contributed by atoms with Gasteiger partial charge >= 0.3 is 0 Å². The summed E-state index contributed by atoms with van der Waals surface area (Å²) in [7, 11) is 0. The Morgan fingerprint density at radius 1 is 1.28 bits per heavy atom. The topological polar surface area (TPSA) is 74.4 Å². The number of rotatable bonds is 6. The molecule has 0 atom stereocenters. The molecule has 0 radical (unpaired) electrons. The van der Waals surface area contributed by atoms with E-state index in [9.17, 15) is 14.9 Å². The third-order valence-corrected chi connectivity index (χ3v) is 4.82. The highest BCUT2D eigenvalue weighted by atomic mass is 16.6. The Morgan fingerprint density at radius 2 is 1.96 bits per heavy atom. The molecule has 1 aromatic carbocycles. The summed E-state index contributed by atoms with van der Waals surface area (Å²) in [5.41, 5.74) is 3.96. The van der Waals surface area contributed by atoms with E-state index in [1.165, 1.54) is 6.07 Å². The summed E-state index contributed by atoms with van der Waals surface area (Å²) >= 11 is 0. The molecule has 1 heterocycles. The molecule has 0 unspecified atom stereocenters. The van der Waals surface area contributed by atoms with Crippen molar-refractivity contribution < 1.29 is 14.5 Å². The van der Waals surface area contributed by atoms with Crippen molar-refractivity contribution in [1.82, 2.24) is 4.57 Å². The van der Waals surface area contributed by atoms with Gasteiger partial charge in [0.05, 0.1) is 10.5 Å². The molecule has 1 saturated carbocycles. The summed E-state index contributed by atoms with van der Waals surface area (Å²) in [4.78, 5) is 23.3. The van der Waals surface area contributed by atoms with Crippen LogP contribution in [-0.4, -0.2) is 21.9 Å². The van der Waals surface area contributed by atoms with Crippen molar-refractivity contribution >= 4 is 11.5 Å². The second-order valence-corrected chi connectivity index (χ2v) is 6.71. The fourth-order valence-corrected chi connectivity index (χ4v) is 3.41. The maximum Gasteiger partial charge on any atom is 0.276 e. The van der Waals surface area contributed by atoms with Crippen LogP contribution in [0.4, 0.5) is 5.69 Å². The van der Waals surface area contributed by atoms with Gasteiger partial charge in [-0.15, -0.1) is 0 Å². The van der Waals surface area contributed by atoms with Gasteiger partial charge in [0.15, 0.2) is 6.61 Å². The summed E-state index contributed by atoms with van der Waals surface area (Å²) in [6, 6.07) is 5.53. The van der Waals surface area contributed by atoms with Crippen LogP contribution < -0.4 is 4.74 Å². The SMILES string of the molecule is Cc1ccc([N+](=O)[O-])c(C)c1OCC(=O)c1cc(C)n(C2CC2)c1C. The average Bonchev–Trinajstić information content (AvgIpc) is 3.32. The number of hydrogen-bond acceptors (Lipinski definition) is 4. The standard InChI is InChI=1S/C19H22N2O4/c1-11-5-8-17(21(23)24)13(3)19(11)25-10-18(22)16-9-12(2)20(14(16)4)15-6-7-15/h5,8-9,15H,6-7,10H2,1-4H3. The third kappa shape index (κ3) is 3.16. The number of nitrogens with zero attached hydrogens (tertiary/aromatic N) is 2. The molecule has 1 fully saturated rings. The minimum Gasteiger partial charge on any atom is -0.485 e. The number of carbonyl (C=O) groups is 1. The van der Waals surface area contributed by atoms with Crippen LogP contribution in [0.2, 0.25) is 0 Å². The first-order valence-corrected chi connectivity index (χ1v) is 8.40. The molecule has 0 bridgehead atoms. The normalized spacial score (nSPS) is 13.8. The summed E-state index contributed by atoms with van der Waals surface area (Å²) in [6.07, 6.45) is 2.32. The number of hydrogen-bond donors (Lipinski definition) is 0. The van der Waals surface area contributed by atoms with Gasteiger partial charge in [-0.25, -0.2) is 0 Å². The van der Waals surface area contributed by atoms with E-state index in [1.807, 2.05) is 26.8 Å². The Hall–Kier alpha value is -2.63. The number of nitro groups is 1. The molecule has 1 aromatic heterocycles. The molecule has 0 aliphatic heterocycles. The van der Waals surface area contributed by atoms with Crippen LogP contribution in [0.15, 0.2) is 18.2 Å². The molecule has 132 valence electrons. The van der Waals surface area contributed by atoms with Crippen molar-refractivity contribution in [1.29, 1.82) is 0 Å². The maximum absolute atomic E-state index is 12.6. The zero-order chi connectivity index (χ0) is 18.3. The van der Waals surface area contributed by atoms with Gasteiger partial charge in [0, 0.05) is 29.1 Å². The number of aryl methyl sites for hydroxylation is 2. The van der Waals surface area contributed by atoms with Gasteiger partial charge in [-0.2, -0.15) is 0 Å². The molecule has 6 heteroatoms. The number of ether oxygens (including phenoxy) is 1. The van der Waals surface area contributed by atoms with Crippen LogP contribution in [0, 0.1) is 37.8 Å². The predicted octanol–water partition coefficient (Wildman–Crippen LogP) is 4.23. The van der Waals surface area contributed by atoms with Crippen LogP contribution in [0.1, 0.15) is 51.8 Å². The maximum atomic E-state index is 12.6. The van der Waals surface area contributed by atoms with E-state index in [2.05, 4.69) is 4.57 Å². The zero-order valence-electron chi connectivity index (χ0n) is 15.0. The number of ketones is 1. The first-order chi connectivity index (χ1) is 11.8. The van der Waals surface area contributed by atoms with E-state index in [-0.39, 0.29) is 18.1 Å². The van der Waals surface area contributed by atoms with Gasteiger partial charge in [-0.05, 0) is 58.2 Å². The van der Waals surface area contributed by atoms with Crippen LogP contribution in [0.5, 0.6) is 5.75 Å². The van der Waals surface area contributed by atoms with Gasteiger partial charge in [0.1, 0.15) is 5.75 Å². The second kappa shape index (κ2) is 6.35. The molecule has 2 aromatic rings. The van der Waals surface area contributed by atoms with Gasteiger partial charge in [-0.1, -0.05) is 0 Å². The highest BCUT2D eigenvalue weighted by Gasteiger charge is 2.28. The Bertz CT molecular complexity index is 863. The molecule has 1 aliphatic carbocycles. The number of carbonyl (C=O) groups excluding carboxylic acids is 1. The number of aromatic nitrogens is 1. The van der Waals surface area contributed by atoms with Crippen LogP contribution in [0.25, 0.3) is 0 Å². The number of nitro benzene ring substituents is 1. The summed E-state index contributed by atoms with van der Waals surface area (Å²) in [6.45, 7) is 7.30. The monoisotopic (exact) mass is 342 g/mol. The predicted molar refractivity (Wildman–Crippen MR) is 94.6 cm³/mol. The highest BCUT2D eigenvalue weighted by Crippen LogP contribution is 2.38. The molecule has 6 nitrogen and oxygen atoms in total. The van der Waals surface area contributed by atoms with E-state index in [4.69, 9.17) is 4.74 Å². The fraction of sp³-hybridized carbons (Fsp3) is 0.421. The van der Waals surface area contributed by atoms with Crippen molar-refractivity contribution in [2.45, 2.75) is 46.6 Å². The minimum atomic E-state index is -0.438. The Morgan fingerprint density at radius 3 is 2.56 bits per heavy atom. The van der Waals surface area contributed by atoms with Gasteiger partial charge in [0.2, 0.25) is 5.78 Å². The zero-order valence-corrected chi connectivity index (χ0v) is 15.0. The van der Waals surface area contributed by atoms with E-state index in [0.717, 1.165) is 29.8 Å². The molecule has 0 spiro atoms. The fourth-order valence-electron chi connectivity index (χ4n) is 3.41. The Balaban J connectivity index is 1.81.